The van der Waals surface area contributed by atoms with E-state index in [2.05, 4.69) is 10.1 Å². The first-order valence-electron chi connectivity index (χ1n) is 4.24. The number of para-hydroxylation sites is 2. The molecule has 1 heterocycles. The zero-order valence-corrected chi connectivity index (χ0v) is 7.75. The van der Waals surface area contributed by atoms with Crippen molar-refractivity contribution in [1.82, 2.24) is 4.98 Å². The van der Waals surface area contributed by atoms with E-state index < -0.39 is 0 Å². The van der Waals surface area contributed by atoms with Crippen molar-refractivity contribution in [2.45, 2.75) is 0 Å². The van der Waals surface area contributed by atoms with Crippen LogP contribution in [0.3, 0.4) is 0 Å². The molecule has 14 heavy (non-hydrogen) atoms. The summed E-state index contributed by atoms with van der Waals surface area (Å²) < 4.78 is 1.94. The van der Waals surface area contributed by atoms with Crippen LogP contribution in [0.25, 0.3) is 11.0 Å². The van der Waals surface area contributed by atoms with Crippen LogP contribution in [0.15, 0.2) is 35.6 Å². The highest BCUT2D eigenvalue weighted by Gasteiger charge is 2.06. The lowest BCUT2D eigenvalue weighted by Crippen LogP contribution is -2.29. The smallest absolute Gasteiger partial charge is 0.230 e. The molecule has 0 saturated carbocycles. The summed E-state index contributed by atoms with van der Waals surface area (Å²) in [4.78, 5) is 4.30. The predicted molar refractivity (Wildman–Crippen MR) is 52.3 cm³/mol. The molecule has 0 saturated heterocycles. The molecule has 0 unspecified atom stereocenters. The Balaban J connectivity index is 2.72. The third kappa shape index (κ3) is 1.42. The van der Waals surface area contributed by atoms with Crippen molar-refractivity contribution < 1.29 is 9.77 Å². The lowest BCUT2D eigenvalue weighted by molar-refractivity contribution is -0.645. The zero-order chi connectivity index (χ0) is 9.97. The second-order valence-corrected chi connectivity index (χ2v) is 3.01. The molecule has 1 aromatic carbocycles. The predicted octanol–water partition coefficient (Wildman–Crippen LogP) is 0.867. The first kappa shape index (κ1) is 8.62. The topological polar surface area (TPSA) is 49.4 Å². The molecule has 1 N–H and O–H groups in total. The van der Waals surface area contributed by atoms with Crippen LogP contribution in [0.2, 0.25) is 0 Å². The number of fused-ring (bicyclic) bond motifs is 1. The third-order valence-corrected chi connectivity index (χ3v) is 2.03. The van der Waals surface area contributed by atoms with E-state index in [1.807, 2.05) is 42.1 Å². The molecular formula is C10H10N3O+. The van der Waals surface area contributed by atoms with Gasteiger partial charge in [-0.2, -0.15) is 4.57 Å². The number of nitrogens with zero attached hydrogens (tertiary/aromatic N) is 3. The molecule has 0 amide bonds. The van der Waals surface area contributed by atoms with Crippen LogP contribution in [0.4, 0.5) is 0 Å². The van der Waals surface area contributed by atoms with E-state index in [4.69, 9.17) is 5.21 Å². The Hall–Kier alpha value is -1.97. The maximum atomic E-state index is 8.40. The van der Waals surface area contributed by atoms with Gasteiger partial charge in [0.05, 0.1) is 6.21 Å². The van der Waals surface area contributed by atoms with Crippen LogP contribution in [-0.2, 0) is 7.05 Å². The van der Waals surface area contributed by atoms with Crippen LogP contribution in [0.5, 0.6) is 0 Å². The molecular weight excluding hydrogens is 178 g/mol. The van der Waals surface area contributed by atoms with Gasteiger partial charge in [0.15, 0.2) is 6.20 Å². The quantitative estimate of drug-likeness (QED) is 0.312. The van der Waals surface area contributed by atoms with Crippen LogP contribution >= 0.6 is 0 Å². The normalized spacial score (nSPS) is 11.2. The molecule has 0 aliphatic carbocycles. The van der Waals surface area contributed by atoms with Crippen LogP contribution < -0.4 is 4.57 Å². The standard InChI is InChI=1S/C10H9N3O/c1-13-7-8(6-11-14)12-9-4-2-3-5-10(9)13/h2-7H,1H3/p+1. The summed E-state index contributed by atoms with van der Waals surface area (Å²) in [7, 11) is 1.93. The number of hydrogen-bond acceptors (Lipinski definition) is 3. The number of benzene rings is 1. The van der Waals surface area contributed by atoms with Gasteiger partial charge in [-0.05, 0) is 6.07 Å². The van der Waals surface area contributed by atoms with E-state index in [9.17, 15) is 0 Å². The summed E-state index contributed by atoms with van der Waals surface area (Å²) in [6.45, 7) is 0. The van der Waals surface area contributed by atoms with E-state index in [1.165, 1.54) is 6.21 Å². The number of aryl methyl sites for hydroxylation is 1. The molecule has 0 radical (unpaired) electrons. The van der Waals surface area contributed by atoms with Crippen molar-refractivity contribution in [3.05, 3.63) is 36.2 Å². The maximum absolute atomic E-state index is 8.40. The minimum atomic E-state index is 0.633. The number of hydrogen-bond donors (Lipinski definition) is 1. The Kier molecular flexibility index (Phi) is 2.10. The Morgan fingerprint density at radius 2 is 2.21 bits per heavy atom. The van der Waals surface area contributed by atoms with Crippen molar-refractivity contribution in [1.29, 1.82) is 0 Å². The van der Waals surface area contributed by atoms with E-state index >= 15 is 0 Å². The first-order valence-corrected chi connectivity index (χ1v) is 4.24. The van der Waals surface area contributed by atoms with Gasteiger partial charge in [-0.25, -0.2) is 4.98 Å². The zero-order valence-electron chi connectivity index (χ0n) is 7.75. The summed E-state index contributed by atoms with van der Waals surface area (Å²) in [6.07, 6.45) is 3.12. The van der Waals surface area contributed by atoms with Crippen molar-refractivity contribution >= 4 is 17.2 Å². The molecule has 2 aromatic rings. The molecule has 0 bridgehead atoms. The molecule has 70 valence electrons. The summed E-state index contributed by atoms with van der Waals surface area (Å²) in [5, 5.41) is 11.4. The Bertz CT molecular complexity index is 494. The number of oxime groups is 1. The van der Waals surface area contributed by atoms with Gasteiger partial charge >= 0.3 is 0 Å². The molecule has 0 aliphatic rings. The molecule has 1 aromatic heterocycles. The second-order valence-electron chi connectivity index (χ2n) is 3.01. The van der Waals surface area contributed by atoms with Gasteiger partial charge in [-0.3, -0.25) is 0 Å². The van der Waals surface area contributed by atoms with Gasteiger partial charge in [-0.15, -0.1) is 0 Å². The minimum absolute atomic E-state index is 0.633. The molecule has 0 atom stereocenters. The summed E-state index contributed by atoms with van der Waals surface area (Å²) in [5.74, 6) is 0. The summed E-state index contributed by atoms with van der Waals surface area (Å²) in [6, 6.07) is 7.80. The molecule has 4 nitrogen and oxygen atoms in total. The third-order valence-electron chi connectivity index (χ3n) is 2.03. The average molecular weight is 188 g/mol. The highest BCUT2D eigenvalue weighted by molar-refractivity contribution is 5.79. The molecule has 0 fully saturated rings. The molecule has 0 aliphatic heterocycles. The van der Waals surface area contributed by atoms with Crippen LogP contribution in [-0.4, -0.2) is 16.4 Å². The monoisotopic (exact) mass is 188 g/mol. The Morgan fingerprint density at radius 3 is 3.00 bits per heavy atom. The van der Waals surface area contributed by atoms with Crippen LogP contribution in [0.1, 0.15) is 5.69 Å². The maximum Gasteiger partial charge on any atom is 0.230 e. The SMILES string of the molecule is C[n+]1cc(C=NO)nc2ccccc21. The van der Waals surface area contributed by atoms with Gasteiger partial charge in [0.25, 0.3) is 0 Å². The van der Waals surface area contributed by atoms with E-state index in [1.54, 1.807) is 0 Å². The van der Waals surface area contributed by atoms with Gasteiger partial charge in [0.2, 0.25) is 5.52 Å². The van der Waals surface area contributed by atoms with E-state index in [0.717, 1.165) is 11.0 Å². The van der Waals surface area contributed by atoms with Gasteiger partial charge < -0.3 is 5.21 Å². The van der Waals surface area contributed by atoms with Gasteiger partial charge in [0, 0.05) is 6.07 Å². The minimum Gasteiger partial charge on any atom is -0.411 e. The van der Waals surface area contributed by atoms with Gasteiger partial charge in [0.1, 0.15) is 18.3 Å². The van der Waals surface area contributed by atoms with E-state index in [0.29, 0.717) is 5.69 Å². The fraction of sp³-hybridized carbons (Fsp3) is 0.100. The van der Waals surface area contributed by atoms with Crippen molar-refractivity contribution in [2.24, 2.45) is 12.2 Å². The highest BCUT2D eigenvalue weighted by Crippen LogP contribution is 2.05. The van der Waals surface area contributed by atoms with E-state index in [-0.39, 0.29) is 0 Å². The Morgan fingerprint density at radius 1 is 1.43 bits per heavy atom. The summed E-state index contributed by atoms with van der Waals surface area (Å²) in [5.41, 5.74) is 2.56. The summed E-state index contributed by atoms with van der Waals surface area (Å²) >= 11 is 0. The first-order chi connectivity index (χ1) is 6.81. The van der Waals surface area contributed by atoms with Crippen molar-refractivity contribution in [2.75, 3.05) is 0 Å². The largest absolute Gasteiger partial charge is 0.411 e. The fourth-order valence-corrected chi connectivity index (χ4v) is 1.41. The molecule has 4 heteroatoms. The molecule has 2 rings (SSSR count). The van der Waals surface area contributed by atoms with Crippen molar-refractivity contribution in [3.8, 4) is 0 Å². The van der Waals surface area contributed by atoms with Crippen molar-refractivity contribution in [3.63, 3.8) is 0 Å². The van der Waals surface area contributed by atoms with Crippen LogP contribution in [0, 0.1) is 0 Å². The second kappa shape index (κ2) is 3.41. The Labute approximate surface area is 81.1 Å². The van der Waals surface area contributed by atoms with Gasteiger partial charge in [-0.1, -0.05) is 17.3 Å². The molecule has 0 spiro atoms. The highest BCUT2D eigenvalue weighted by atomic mass is 16.4. The number of rotatable bonds is 1. The fourth-order valence-electron chi connectivity index (χ4n) is 1.41. The average Bonchev–Trinajstić information content (AvgIpc) is 2.18. The lowest BCUT2D eigenvalue weighted by Gasteiger charge is -1.96. The lowest BCUT2D eigenvalue weighted by atomic mass is 10.3. The number of aromatic nitrogens is 2.